The van der Waals surface area contributed by atoms with E-state index < -0.39 is 0 Å². The molecule has 2 unspecified atom stereocenters. The lowest BCUT2D eigenvalue weighted by molar-refractivity contribution is 0.153. The van der Waals surface area contributed by atoms with Crippen molar-refractivity contribution in [3.05, 3.63) is 0 Å². The van der Waals surface area contributed by atoms with E-state index >= 15 is 0 Å². The lowest BCUT2D eigenvalue weighted by atomic mass is 9.70. The summed E-state index contributed by atoms with van der Waals surface area (Å²) in [6.07, 6.45) is 4.05. The van der Waals surface area contributed by atoms with E-state index in [0.29, 0.717) is 5.41 Å². The zero-order valence-corrected chi connectivity index (χ0v) is 10.0. The van der Waals surface area contributed by atoms with Gasteiger partial charge in [0.1, 0.15) is 0 Å². The summed E-state index contributed by atoms with van der Waals surface area (Å²) in [6.45, 7) is 8.20. The highest BCUT2D eigenvalue weighted by Crippen LogP contribution is 2.38. The van der Waals surface area contributed by atoms with E-state index in [9.17, 15) is 0 Å². The van der Waals surface area contributed by atoms with Gasteiger partial charge < -0.3 is 5.32 Å². The third-order valence-electron chi connectivity index (χ3n) is 2.93. The molecule has 0 spiro atoms. The maximum atomic E-state index is 4.22. The van der Waals surface area contributed by atoms with Gasteiger partial charge in [-0.2, -0.15) is 12.6 Å². The van der Waals surface area contributed by atoms with Gasteiger partial charge >= 0.3 is 0 Å². The minimum atomic E-state index is 0.534. The van der Waals surface area contributed by atoms with Gasteiger partial charge in [0.25, 0.3) is 0 Å². The summed E-state index contributed by atoms with van der Waals surface area (Å²) in [4.78, 5) is 0. The van der Waals surface area contributed by atoms with Crippen LogP contribution in [0.25, 0.3) is 0 Å². The fourth-order valence-electron chi connectivity index (χ4n) is 2.77. The Labute approximate surface area is 88.1 Å². The molecular weight excluding hydrogens is 178 g/mol. The Hall–Kier alpha value is 0.310. The van der Waals surface area contributed by atoms with Crippen LogP contribution in [0.4, 0.5) is 0 Å². The molecule has 0 heterocycles. The Morgan fingerprint density at radius 1 is 1.38 bits per heavy atom. The molecule has 2 heteroatoms. The van der Waals surface area contributed by atoms with Crippen molar-refractivity contribution in [1.29, 1.82) is 0 Å². The summed E-state index contributed by atoms with van der Waals surface area (Å²) in [7, 11) is 0. The van der Waals surface area contributed by atoms with E-state index in [4.69, 9.17) is 0 Å². The van der Waals surface area contributed by atoms with Crippen LogP contribution in [0.1, 0.15) is 40.0 Å². The van der Waals surface area contributed by atoms with Crippen molar-refractivity contribution in [3.8, 4) is 0 Å². The molecule has 1 fully saturated rings. The number of hydrogen-bond donors (Lipinski definition) is 2. The van der Waals surface area contributed by atoms with Crippen LogP contribution in [0.15, 0.2) is 0 Å². The summed E-state index contributed by atoms with van der Waals surface area (Å²) in [5, 5.41) is 3.58. The van der Waals surface area contributed by atoms with Gasteiger partial charge in [-0.3, -0.25) is 0 Å². The molecule has 0 amide bonds. The average molecular weight is 201 g/mol. The van der Waals surface area contributed by atoms with E-state index in [-0.39, 0.29) is 0 Å². The normalized spacial score (nSPS) is 33.2. The summed E-state index contributed by atoms with van der Waals surface area (Å²) >= 11 is 4.22. The third-order valence-corrected chi connectivity index (χ3v) is 3.16. The number of nitrogens with one attached hydrogen (secondary N) is 1. The fraction of sp³-hybridized carbons (Fsp3) is 1.00. The predicted octanol–water partition coefficient (Wildman–Crippen LogP) is 2.72. The van der Waals surface area contributed by atoms with E-state index in [0.717, 1.165) is 24.3 Å². The van der Waals surface area contributed by atoms with Crippen molar-refractivity contribution in [3.63, 3.8) is 0 Å². The van der Waals surface area contributed by atoms with Crippen LogP contribution < -0.4 is 5.32 Å². The van der Waals surface area contributed by atoms with Gasteiger partial charge in [-0.1, -0.05) is 20.8 Å². The summed E-state index contributed by atoms with van der Waals surface area (Å²) in [5.74, 6) is 1.83. The SMILES string of the molecule is CC1CC(NCCS)CC(C)(C)C1. The van der Waals surface area contributed by atoms with Gasteiger partial charge in [0, 0.05) is 18.3 Å². The van der Waals surface area contributed by atoms with E-state index in [1.54, 1.807) is 0 Å². The van der Waals surface area contributed by atoms with Gasteiger partial charge in [-0.25, -0.2) is 0 Å². The van der Waals surface area contributed by atoms with Crippen molar-refractivity contribution in [2.45, 2.75) is 46.1 Å². The van der Waals surface area contributed by atoms with Crippen LogP contribution >= 0.6 is 12.6 Å². The highest BCUT2D eigenvalue weighted by molar-refractivity contribution is 7.80. The first-order valence-electron chi connectivity index (χ1n) is 5.38. The Kier molecular flexibility index (Phi) is 4.11. The van der Waals surface area contributed by atoms with Gasteiger partial charge in [-0.15, -0.1) is 0 Å². The Morgan fingerprint density at radius 2 is 2.08 bits per heavy atom. The van der Waals surface area contributed by atoms with Gasteiger partial charge in [0.05, 0.1) is 0 Å². The van der Waals surface area contributed by atoms with Crippen LogP contribution in [0.2, 0.25) is 0 Å². The topological polar surface area (TPSA) is 12.0 Å². The molecule has 2 atom stereocenters. The molecule has 13 heavy (non-hydrogen) atoms. The molecule has 0 bridgehead atoms. The first-order valence-corrected chi connectivity index (χ1v) is 6.01. The fourth-order valence-corrected chi connectivity index (χ4v) is 2.90. The van der Waals surface area contributed by atoms with E-state index in [1.165, 1.54) is 19.3 Å². The molecule has 1 nitrogen and oxygen atoms in total. The highest BCUT2D eigenvalue weighted by atomic mass is 32.1. The molecular formula is C11H23NS. The second kappa shape index (κ2) is 4.70. The molecule has 1 rings (SSSR count). The lowest BCUT2D eigenvalue weighted by Crippen LogP contribution is -2.40. The van der Waals surface area contributed by atoms with Crippen LogP contribution in [-0.2, 0) is 0 Å². The van der Waals surface area contributed by atoms with Gasteiger partial charge in [0.2, 0.25) is 0 Å². The summed E-state index contributed by atoms with van der Waals surface area (Å²) in [6, 6.07) is 0.728. The molecule has 0 aromatic carbocycles. The largest absolute Gasteiger partial charge is 0.313 e. The molecule has 0 radical (unpaired) electrons. The smallest absolute Gasteiger partial charge is 0.00750 e. The molecule has 0 aromatic rings. The van der Waals surface area contributed by atoms with Gasteiger partial charge in [0.15, 0.2) is 0 Å². The first-order chi connectivity index (χ1) is 6.03. The summed E-state index contributed by atoms with van der Waals surface area (Å²) in [5.41, 5.74) is 0.534. The maximum absolute atomic E-state index is 4.22. The van der Waals surface area contributed by atoms with E-state index in [2.05, 4.69) is 38.7 Å². The molecule has 0 aliphatic heterocycles. The van der Waals surface area contributed by atoms with Crippen LogP contribution in [0, 0.1) is 11.3 Å². The second-order valence-corrected chi connectivity index (χ2v) is 5.74. The Morgan fingerprint density at radius 3 is 2.62 bits per heavy atom. The van der Waals surface area contributed by atoms with Crippen molar-refractivity contribution < 1.29 is 0 Å². The predicted molar refractivity (Wildman–Crippen MR) is 62.4 cm³/mol. The number of hydrogen-bond acceptors (Lipinski definition) is 2. The average Bonchev–Trinajstić information content (AvgIpc) is 1.97. The molecule has 1 aliphatic rings. The van der Waals surface area contributed by atoms with Crippen molar-refractivity contribution in [2.75, 3.05) is 12.3 Å². The molecule has 1 saturated carbocycles. The zero-order chi connectivity index (χ0) is 9.90. The second-order valence-electron chi connectivity index (χ2n) is 5.29. The Bertz CT molecular complexity index is 156. The molecule has 0 saturated heterocycles. The molecule has 78 valence electrons. The maximum Gasteiger partial charge on any atom is 0.00750 e. The molecule has 0 aromatic heterocycles. The lowest BCUT2D eigenvalue weighted by Gasteiger charge is -2.39. The van der Waals surface area contributed by atoms with Crippen LogP contribution in [0.3, 0.4) is 0 Å². The minimum absolute atomic E-state index is 0.534. The van der Waals surface area contributed by atoms with Crippen molar-refractivity contribution in [1.82, 2.24) is 5.32 Å². The van der Waals surface area contributed by atoms with E-state index in [1.807, 2.05) is 0 Å². The van der Waals surface area contributed by atoms with Crippen molar-refractivity contribution >= 4 is 12.6 Å². The standard InChI is InChI=1S/C11H23NS/c1-9-6-10(12-4-5-13)8-11(2,3)7-9/h9-10,12-13H,4-8H2,1-3H3. The van der Waals surface area contributed by atoms with Crippen LogP contribution in [-0.4, -0.2) is 18.3 Å². The third kappa shape index (κ3) is 3.90. The monoisotopic (exact) mass is 201 g/mol. The number of rotatable bonds is 3. The quantitative estimate of drug-likeness (QED) is 0.669. The Balaban J connectivity index is 2.38. The zero-order valence-electron chi connectivity index (χ0n) is 9.14. The first kappa shape index (κ1) is 11.4. The van der Waals surface area contributed by atoms with Crippen molar-refractivity contribution in [2.24, 2.45) is 11.3 Å². The molecule has 1 aliphatic carbocycles. The van der Waals surface area contributed by atoms with Gasteiger partial charge in [-0.05, 0) is 30.6 Å². The number of thiol groups is 1. The highest BCUT2D eigenvalue weighted by Gasteiger charge is 2.31. The van der Waals surface area contributed by atoms with Crippen LogP contribution in [0.5, 0.6) is 0 Å². The molecule has 1 N–H and O–H groups in total. The minimum Gasteiger partial charge on any atom is -0.313 e. The summed E-state index contributed by atoms with van der Waals surface area (Å²) < 4.78 is 0.